The Morgan fingerprint density at radius 2 is 0.903 bits per heavy atom. The van der Waals surface area contributed by atoms with Gasteiger partial charge in [0.05, 0.1) is 59.9 Å². The lowest BCUT2D eigenvalue weighted by Gasteiger charge is -2.39. The van der Waals surface area contributed by atoms with Crippen LogP contribution in [0, 0.1) is 10.8 Å². The maximum Gasteiger partial charge on any atom is 0.179 e. The molecule has 4 aromatic carbocycles. The van der Waals surface area contributed by atoms with Crippen LogP contribution in [-0.2, 0) is 29.1 Å². The van der Waals surface area contributed by atoms with Crippen LogP contribution in [-0.4, -0.2) is 90.4 Å². The van der Waals surface area contributed by atoms with Gasteiger partial charge in [0.1, 0.15) is 24.7 Å². The summed E-state index contributed by atoms with van der Waals surface area (Å²) in [6.07, 6.45) is 4.02. The molecule has 0 radical (unpaired) electrons. The Hall–Kier alpha value is -3.78. The number of aliphatic hydroxyl groups is 2. The van der Waals surface area contributed by atoms with Gasteiger partial charge in [-0.25, -0.2) is 16.8 Å². The molecule has 0 aromatic heterocycles. The quantitative estimate of drug-likeness (QED) is 0.0778. The van der Waals surface area contributed by atoms with Gasteiger partial charge in [-0.1, -0.05) is 114 Å². The van der Waals surface area contributed by atoms with E-state index in [1.54, 1.807) is 36.4 Å². The van der Waals surface area contributed by atoms with Crippen LogP contribution in [0.3, 0.4) is 0 Å². The van der Waals surface area contributed by atoms with Gasteiger partial charge in [-0.2, -0.15) is 0 Å². The summed E-state index contributed by atoms with van der Waals surface area (Å²) in [6, 6.07) is 29.4. The van der Waals surface area contributed by atoms with Crippen LogP contribution in [0.5, 0.6) is 11.5 Å². The molecule has 0 unspecified atom stereocenters. The van der Waals surface area contributed by atoms with Gasteiger partial charge in [0.15, 0.2) is 19.7 Å². The van der Waals surface area contributed by atoms with Crippen molar-refractivity contribution in [1.82, 2.24) is 0 Å². The highest BCUT2D eigenvalue weighted by Crippen LogP contribution is 2.51. The van der Waals surface area contributed by atoms with Crippen LogP contribution >= 0.6 is 0 Å². The standard InChI is InChI=1S/C50H66O10S2/c1-5-9-25-49(7-3)35-61(53,54)43-23-21-39(33-41(43)45(47(49)51)37-17-13-11-14-18-37)59-31-29-57-27-28-58-30-32-60-40-22-24-44-42(34-40)46(38-19-15-12-16-20-38)48(52)50(8-4,26-10-6-2)36-62(44,55)56/h11-24,33-34,45-48,51-52H,5-10,25-32,35-36H2,1-4H3/t45-,46-,47-,48-,49-,50-/m1/s1. The van der Waals surface area contributed by atoms with E-state index in [9.17, 15) is 27.0 Å². The number of hydrogen-bond acceptors (Lipinski definition) is 10. The first-order valence-corrected chi connectivity index (χ1v) is 25.8. The molecule has 62 heavy (non-hydrogen) atoms. The third kappa shape index (κ3) is 10.6. The molecule has 4 aromatic rings. The molecule has 6 rings (SSSR count). The molecule has 0 fully saturated rings. The van der Waals surface area contributed by atoms with Gasteiger partial charge in [0, 0.05) is 22.7 Å². The van der Waals surface area contributed by atoms with E-state index in [2.05, 4.69) is 13.8 Å². The van der Waals surface area contributed by atoms with E-state index in [4.69, 9.17) is 18.9 Å². The lowest BCUT2D eigenvalue weighted by Crippen LogP contribution is -2.42. The Labute approximate surface area is 369 Å². The molecule has 0 amide bonds. The Morgan fingerprint density at radius 1 is 0.532 bits per heavy atom. The minimum absolute atomic E-state index is 0.101. The fraction of sp³-hybridized carbons (Fsp3) is 0.520. The van der Waals surface area contributed by atoms with E-state index < -0.39 is 54.5 Å². The van der Waals surface area contributed by atoms with Crippen LogP contribution in [0.2, 0.25) is 0 Å². The smallest absolute Gasteiger partial charge is 0.179 e. The Balaban J connectivity index is 1.03. The fourth-order valence-electron chi connectivity index (χ4n) is 9.69. The summed E-state index contributed by atoms with van der Waals surface area (Å²) in [6.45, 7) is 9.76. The zero-order valence-electron chi connectivity index (χ0n) is 36.8. The maximum absolute atomic E-state index is 14.0. The maximum atomic E-state index is 14.0. The van der Waals surface area contributed by atoms with Gasteiger partial charge in [0.2, 0.25) is 0 Å². The molecule has 2 N–H and O–H groups in total. The van der Waals surface area contributed by atoms with Crippen molar-refractivity contribution in [2.75, 3.05) is 51.1 Å². The van der Waals surface area contributed by atoms with E-state index in [-0.39, 0.29) is 47.7 Å². The van der Waals surface area contributed by atoms with Crippen molar-refractivity contribution in [3.63, 3.8) is 0 Å². The van der Waals surface area contributed by atoms with Crippen LogP contribution < -0.4 is 9.47 Å². The van der Waals surface area contributed by atoms with E-state index >= 15 is 0 Å². The number of fused-ring (bicyclic) bond motifs is 2. The largest absolute Gasteiger partial charge is 0.491 e. The van der Waals surface area contributed by atoms with Gasteiger partial charge in [-0.3, -0.25) is 0 Å². The van der Waals surface area contributed by atoms with E-state index in [0.717, 1.165) is 36.8 Å². The predicted octanol–water partition coefficient (Wildman–Crippen LogP) is 8.91. The highest BCUT2D eigenvalue weighted by molar-refractivity contribution is 7.91. The van der Waals surface area contributed by atoms with Crippen molar-refractivity contribution >= 4 is 19.7 Å². The second kappa shape index (κ2) is 21.3. The molecule has 2 heterocycles. The summed E-state index contributed by atoms with van der Waals surface area (Å²) in [5.74, 6) is -0.272. The number of sulfone groups is 2. The van der Waals surface area contributed by atoms with E-state index in [1.807, 2.05) is 74.5 Å². The molecule has 0 saturated carbocycles. The van der Waals surface area contributed by atoms with Crippen LogP contribution in [0.1, 0.15) is 113 Å². The molecule has 12 heteroatoms. The van der Waals surface area contributed by atoms with Crippen LogP contribution in [0.25, 0.3) is 0 Å². The molecule has 0 aliphatic carbocycles. The second-order valence-corrected chi connectivity index (χ2v) is 21.1. The average Bonchev–Trinajstić information content (AvgIpc) is 3.39. The third-order valence-corrected chi connectivity index (χ3v) is 17.3. The van der Waals surface area contributed by atoms with Gasteiger partial charge in [-0.15, -0.1) is 0 Å². The molecule has 10 nitrogen and oxygen atoms in total. The summed E-state index contributed by atoms with van der Waals surface area (Å²) < 4.78 is 79.5. The Bertz CT molecular complexity index is 2110. The molecule has 0 bridgehead atoms. The van der Waals surface area contributed by atoms with Crippen LogP contribution in [0.15, 0.2) is 107 Å². The number of rotatable bonds is 21. The summed E-state index contributed by atoms with van der Waals surface area (Å²) >= 11 is 0. The first-order chi connectivity index (χ1) is 29.8. The number of unbranched alkanes of at least 4 members (excludes halogenated alkanes) is 2. The van der Waals surface area contributed by atoms with Gasteiger partial charge in [-0.05, 0) is 84.3 Å². The normalized spacial score (nSPS) is 25.2. The van der Waals surface area contributed by atoms with Crippen molar-refractivity contribution in [2.45, 2.75) is 113 Å². The SMILES string of the molecule is CCCC[C@]1(CC)CS(=O)(=O)c2ccc(OCCOCCOCCOc3ccc4c(c3)[C@@H](c3ccccc3)[C@@H](O)[C@](CC)(CCCC)CS4(=O)=O)cc2[C@@H](c2ccccc2)[C@H]1O. The number of ether oxygens (including phenoxy) is 4. The summed E-state index contributed by atoms with van der Waals surface area (Å²) in [7, 11) is -7.41. The van der Waals surface area contributed by atoms with Crippen molar-refractivity contribution in [1.29, 1.82) is 0 Å². The molecule has 338 valence electrons. The topological polar surface area (TPSA) is 146 Å². The summed E-state index contributed by atoms with van der Waals surface area (Å²) in [5.41, 5.74) is 1.27. The molecule has 2 aliphatic rings. The average molecular weight is 891 g/mol. The fourth-order valence-corrected chi connectivity index (χ4v) is 14.2. The van der Waals surface area contributed by atoms with Gasteiger partial charge >= 0.3 is 0 Å². The van der Waals surface area contributed by atoms with Gasteiger partial charge in [0.25, 0.3) is 0 Å². The summed E-state index contributed by atoms with van der Waals surface area (Å²) in [4.78, 5) is 0.487. The minimum Gasteiger partial charge on any atom is -0.491 e. The number of hydrogen-bond donors (Lipinski definition) is 2. The van der Waals surface area contributed by atoms with Crippen LogP contribution in [0.4, 0.5) is 0 Å². The molecule has 0 saturated heterocycles. The van der Waals surface area contributed by atoms with E-state index in [0.29, 0.717) is 61.5 Å². The minimum atomic E-state index is -3.70. The zero-order valence-corrected chi connectivity index (χ0v) is 38.5. The lowest BCUT2D eigenvalue weighted by atomic mass is 9.69. The molecule has 0 spiro atoms. The molecule has 2 aliphatic heterocycles. The Kier molecular flexibility index (Phi) is 16.4. The number of aliphatic hydroxyl groups excluding tert-OH is 2. The highest BCUT2D eigenvalue weighted by Gasteiger charge is 2.50. The lowest BCUT2D eigenvalue weighted by molar-refractivity contribution is 0.0171. The van der Waals surface area contributed by atoms with Crippen molar-refractivity contribution in [2.24, 2.45) is 10.8 Å². The highest BCUT2D eigenvalue weighted by atomic mass is 32.2. The first-order valence-electron chi connectivity index (χ1n) is 22.5. The summed E-state index contributed by atoms with van der Waals surface area (Å²) in [5, 5.41) is 24.2. The predicted molar refractivity (Wildman–Crippen MR) is 243 cm³/mol. The monoisotopic (exact) mass is 890 g/mol. The third-order valence-electron chi connectivity index (χ3n) is 13.3. The van der Waals surface area contributed by atoms with Crippen molar-refractivity contribution < 1.29 is 46.0 Å². The van der Waals surface area contributed by atoms with Crippen molar-refractivity contribution in [3.8, 4) is 11.5 Å². The van der Waals surface area contributed by atoms with Crippen molar-refractivity contribution in [3.05, 3.63) is 119 Å². The second-order valence-electron chi connectivity index (χ2n) is 17.1. The Morgan fingerprint density at radius 3 is 1.26 bits per heavy atom. The van der Waals surface area contributed by atoms with E-state index in [1.165, 1.54) is 0 Å². The molecular weight excluding hydrogens is 825 g/mol. The number of benzene rings is 4. The first kappa shape index (κ1) is 47.7. The molecule has 6 atom stereocenters. The van der Waals surface area contributed by atoms with Gasteiger partial charge < -0.3 is 29.2 Å². The molecular formula is C50H66O10S2. The zero-order chi connectivity index (χ0) is 44.4.